The molecule has 0 aliphatic carbocycles. The number of hydrogen-bond donors (Lipinski definition) is 1. The molecular formula is C15H16ClF3N2O. The molecule has 0 unspecified atom stereocenters. The van der Waals surface area contributed by atoms with Crippen molar-refractivity contribution in [2.24, 2.45) is 5.73 Å². The molecule has 0 radical (unpaired) electrons. The third kappa shape index (κ3) is 4.24. The summed E-state index contributed by atoms with van der Waals surface area (Å²) in [4.78, 5) is 13.6. The van der Waals surface area contributed by atoms with Crippen LogP contribution in [-0.4, -0.2) is 29.9 Å². The number of rotatable bonds is 2. The molecule has 0 aromatic heterocycles. The minimum absolute atomic E-state index is 0.110. The minimum Gasteiger partial charge on any atom is -0.339 e. The lowest BCUT2D eigenvalue weighted by molar-refractivity contribution is -0.137. The van der Waals surface area contributed by atoms with Crippen molar-refractivity contribution < 1.29 is 18.0 Å². The van der Waals surface area contributed by atoms with Crippen LogP contribution in [0.3, 0.4) is 0 Å². The Bertz CT molecular complexity index is 579. The predicted molar refractivity (Wildman–Crippen MR) is 79.3 cm³/mol. The molecule has 0 spiro atoms. The van der Waals surface area contributed by atoms with Gasteiger partial charge in [0.25, 0.3) is 0 Å². The first-order chi connectivity index (χ1) is 10.3. The molecule has 2 rings (SSSR count). The molecule has 1 aromatic rings. The van der Waals surface area contributed by atoms with Gasteiger partial charge in [0.15, 0.2) is 0 Å². The highest BCUT2D eigenvalue weighted by Gasteiger charge is 2.33. The number of hydrogen-bond acceptors (Lipinski definition) is 2. The summed E-state index contributed by atoms with van der Waals surface area (Å²) in [6, 6.07) is 3.65. The fourth-order valence-corrected chi connectivity index (χ4v) is 2.48. The molecule has 1 saturated heterocycles. The van der Waals surface area contributed by atoms with Crippen LogP contribution in [0, 0.1) is 0 Å². The summed E-state index contributed by atoms with van der Waals surface area (Å²) in [7, 11) is 0. The largest absolute Gasteiger partial charge is 0.417 e. The maximum absolute atomic E-state index is 12.8. The molecule has 2 N–H and O–H groups in total. The quantitative estimate of drug-likeness (QED) is 0.844. The van der Waals surface area contributed by atoms with E-state index in [0.29, 0.717) is 13.1 Å². The summed E-state index contributed by atoms with van der Waals surface area (Å²) in [5, 5.41) is -0.360. The number of alkyl halides is 3. The summed E-state index contributed by atoms with van der Waals surface area (Å²) >= 11 is 5.55. The zero-order valence-corrected chi connectivity index (χ0v) is 12.5. The van der Waals surface area contributed by atoms with E-state index in [1.165, 1.54) is 24.3 Å². The SMILES string of the molecule is NC1CCN(C(=O)/C=C/c2ccc(Cl)c(C(F)(F)F)c2)CC1. The number of amides is 1. The van der Waals surface area contributed by atoms with Crippen LogP contribution in [0.5, 0.6) is 0 Å². The number of carbonyl (C=O) groups is 1. The average Bonchev–Trinajstić information content (AvgIpc) is 2.45. The molecule has 0 bridgehead atoms. The van der Waals surface area contributed by atoms with Crippen molar-refractivity contribution in [1.82, 2.24) is 4.90 Å². The van der Waals surface area contributed by atoms with E-state index < -0.39 is 11.7 Å². The first-order valence-electron chi connectivity index (χ1n) is 6.86. The summed E-state index contributed by atoms with van der Waals surface area (Å²) < 4.78 is 38.3. The van der Waals surface area contributed by atoms with Crippen LogP contribution in [-0.2, 0) is 11.0 Å². The van der Waals surface area contributed by atoms with E-state index in [1.807, 2.05) is 0 Å². The molecule has 1 fully saturated rings. The number of carbonyl (C=O) groups excluding carboxylic acids is 1. The van der Waals surface area contributed by atoms with Gasteiger partial charge in [-0.3, -0.25) is 4.79 Å². The number of nitrogens with zero attached hydrogens (tertiary/aromatic N) is 1. The van der Waals surface area contributed by atoms with Gasteiger partial charge in [-0.25, -0.2) is 0 Å². The second-order valence-electron chi connectivity index (χ2n) is 5.23. The van der Waals surface area contributed by atoms with Crippen LogP contribution >= 0.6 is 11.6 Å². The van der Waals surface area contributed by atoms with Gasteiger partial charge < -0.3 is 10.6 Å². The van der Waals surface area contributed by atoms with Crippen molar-refractivity contribution >= 4 is 23.6 Å². The van der Waals surface area contributed by atoms with Crippen LogP contribution in [0.15, 0.2) is 24.3 Å². The van der Waals surface area contributed by atoms with Crippen LogP contribution < -0.4 is 5.73 Å². The molecule has 1 amide bonds. The molecule has 0 saturated carbocycles. The number of benzene rings is 1. The average molecular weight is 333 g/mol. The minimum atomic E-state index is -4.52. The van der Waals surface area contributed by atoms with Crippen molar-refractivity contribution in [3.8, 4) is 0 Å². The Balaban J connectivity index is 2.08. The van der Waals surface area contributed by atoms with Gasteiger partial charge >= 0.3 is 6.18 Å². The van der Waals surface area contributed by atoms with Gasteiger partial charge in [-0.15, -0.1) is 0 Å². The third-order valence-electron chi connectivity index (χ3n) is 3.57. The molecule has 22 heavy (non-hydrogen) atoms. The van der Waals surface area contributed by atoms with E-state index in [1.54, 1.807) is 4.90 Å². The molecule has 7 heteroatoms. The third-order valence-corrected chi connectivity index (χ3v) is 3.90. The fraction of sp³-hybridized carbons (Fsp3) is 0.400. The van der Waals surface area contributed by atoms with Crippen LogP contribution in [0.25, 0.3) is 6.08 Å². The van der Waals surface area contributed by atoms with Crippen molar-refractivity contribution in [3.05, 3.63) is 40.4 Å². The lowest BCUT2D eigenvalue weighted by Crippen LogP contribution is -2.42. The van der Waals surface area contributed by atoms with E-state index in [9.17, 15) is 18.0 Å². The van der Waals surface area contributed by atoms with Gasteiger partial charge in [0.2, 0.25) is 5.91 Å². The van der Waals surface area contributed by atoms with E-state index >= 15 is 0 Å². The Hall–Kier alpha value is -1.53. The van der Waals surface area contributed by atoms with E-state index in [2.05, 4.69) is 0 Å². The monoisotopic (exact) mass is 332 g/mol. The first-order valence-corrected chi connectivity index (χ1v) is 7.24. The second-order valence-corrected chi connectivity index (χ2v) is 5.64. The smallest absolute Gasteiger partial charge is 0.339 e. The van der Waals surface area contributed by atoms with E-state index in [0.717, 1.165) is 18.9 Å². The Morgan fingerprint density at radius 3 is 2.55 bits per heavy atom. The highest BCUT2D eigenvalue weighted by Crippen LogP contribution is 2.35. The highest BCUT2D eigenvalue weighted by molar-refractivity contribution is 6.31. The molecule has 0 atom stereocenters. The Labute approximate surface area is 131 Å². The van der Waals surface area contributed by atoms with Crippen molar-refractivity contribution in [3.63, 3.8) is 0 Å². The molecule has 1 aliphatic rings. The normalized spacial score (nSPS) is 17.2. The number of likely N-dealkylation sites (tertiary alicyclic amines) is 1. The van der Waals surface area contributed by atoms with Crippen LogP contribution in [0.2, 0.25) is 5.02 Å². The van der Waals surface area contributed by atoms with Gasteiger partial charge in [-0.1, -0.05) is 17.7 Å². The Morgan fingerprint density at radius 1 is 1.32 bits per heavy atom. The molecule has 120 valence electrons. The topological polar surface area (TPSA) is 46.3 Å². The summed E-state index contributed by atoms with van der Waals surface area (Å²) in [6.45, 7) is 1.14. The fourth-order valence-electron chi connectivity index (χ4n) is 2.26. The molecule has 1 aromatic carbocycles. The Morgan fingerprint density at radius 2 is 1.95 bits per heavy atom. The maximum Gasteiger partial charge on any atom is 0.417 e. The second kappa shape index (κ2) is 6.71. The predicted octanol–water partition coefficient (Wildman–Crippen LogP) is 3.32. The van der Waals surface area contributed by atoms with Crippen molar-refractivity contribution in [2.45, 2.75) is 25.1 Å². The number of halogens is 4. The standard InChI is InChI=1S/C15H16ClF3N2O/c16-13-3-1-10(9-12(13)15(17,18)19)2-4-14(22)21-7-5-11(20)6-8-21/h1-4,9,11H,5-8,20H2/b4-2+. The summed E-state index contributed by atoms with van der Waals surface area (Å²) in [5.74, 6) is -0.226. The van der Waals surface area contributed by atoms with Crippen molar-refractivity contribution in [2.75, 3.05) is 13.1 Å². The summed E-state index contributed by atoms with van der Waals surface area (Å²) in [5.41, 5.74) is 5.13. The molecule has 3 nitrogen and oxygen atoms in total. The van der Waals surface area contributed by atoms with E-state index in [4.69, 9.17) is 17.3 Å². The molecule has 1 aliphatic heterocycles. The number of piperidine rings is 1. The molecular weight excluding hydrogens is 317 g/mol. The maximum atomic E-state index is 12.8. The van der Waals surface area contributed by atoms with Gasteiger partial charge in [-0.2, -0.15) is 13.2 Å². The van der Waals surface area contributed by atoms with Gasteiger partial charge in [0, 0.05) is 25.2 Å². The van der Waals surface area contributed by atoms with Crippen molar-refractivity contribution in [1.29, 1.82) is 0 Å². The lowest BCUT2D eigenvalue weighted by Gasteiger charge is -2.29. The van der Waals surface area contributed by atoms with Gasteiger partial charge in [-0.05, 0) is 36.6 Å². The lowest BCUT2D eigenvalue weighted by atomic mass is 10.1. The zero-order valence-electron chi connectivity index (χ0n) is 11.7. The van der Waals surface area contributed by atoms with Crippen LogP contribution in [0.1, 0.15) is 24.0 Å². The first kappa shape index (κ1) is 16.8. The molecule has 1 heterocycles. The highest BCUT2D eigenvalue weighted by atomic mass is 35.5. The van der Waals surface area contributed by atoms with Gasteiger partial charge in [0.1, 0.15) is 0 Å². The zero-order chi connectivity index (χ0) is 16.3. The Kier molecular flexibility index (Phi) is 5.13. The van der Waals surface area contributed by atoms with Gasteiger partial charge in [0.05, 0.1) is 10.6 Å². The summed E-state index contributed by atoms with van der Waals surface area (Å²) in [6.07, 6.45) is -0.409. The number of nitrogens with two attached hydrogens (primary N) is 1. The van der Waals surface area contributed by atoms with Crippen LogP contribution in [0.4, 0.5) is 13.2 Å². The van der Waals surface area contributed by atoms with E-state index in [-0.39, 0.29) is 22.5 Å².